The van der Waals surface area contributed by atoms with Crippen LogP contribution in [0.3, 0.4) is 0 Å². The van der Waals surface area contributed by atoms with E-state index >= 15 is 0 Å². The molecule has 0 aliphatic carbocycles. The third kappa shape index (κ3) is 5.26. The van der Waals surface area contributed by atoms with Gasteiger partial charge in [-0.2, -0.15) is 0 Å². The van der Waals surface area contributed by atoms with Gasteiger partial charge in [-0.15, -0.1) is 0 Å². The number of para-hydroxylation sites is 1. The van der Waals surface area contributed by atoms with Gasteiger partial charge < -0.3 is 15.4 Å². The van der Waals surface area contributed by atoms with Gasteiger partial charge in [0.2, 0.25) is 0 Å². The number of carbonyl (C=O) groups is 1. The number of ether oxygens (including phenoxy) is 1. The van der Waals surface area contributed by atoms with Crippen LogP contribution in [0.15, 0.2) is 18.2 Å². The molecule has 106 valence electrons. The lowest BCUT2D eigenvalue weighted by Gasteiger charge is -2.14. The number of hydrogen-bond donors (Lipinski definition) is 2. The fourth-order valence-corrected chi connectivity index (χ4v) is 1.55. The van der Waals surface area contributed by atoms with Gasteiger partial charge in [0, 0.05) is 24.7 Å². The molecular formula is C14H21FN2O2. The molecular weight excluding hydrogens is 247 g/mol. The first-order valence-corrected chi connectivity index (χ1v) is 6.44. The molecule has 0 spiro atoms. The highest BCUT2D eigenvalue weighted by molar-refractivity contribution is 5.77. The third-order valence-electron chi connectivity index (χ3n) is 2.47. The maximum atomic E-state index is 13.7. The Balaban J connectivity index is 2.71. The predicted molar refractivity (Wildman–Crippen MR) is 72.6 cm³/mol. The van der Waals surface area contributed by atoms with Crippen molar-refractivity contribution in [2.45, 2.75) is 33.4 Å². The molecule has 0 fully saturated rings. The zero-order chi connectivity index (χ0) is 14.3. The molecule has 0 saturated heterocycles. The Morgan fingerprint density at radius 3 is 2.79 bits per heavy atom. The topological polar surface area (TPSA) is 50.4 Å². The fraction of sp³-hybridized carbons (Fsp3) is 0.500. The minimum Gasteiger partial charge on any atom is -0.480 e. The third-order valence-corrected chi connectivity index (χ3v) is 2.47. The summed E-state index contributed by atoms with van der Waals surface area (Å²) in [6.07, 6.45) is 0. The zero-order valence-corrected chi connectivity index (χ0v) is 11.6. The average molecular weight is 268 g/mol. The Labute approximate surface area is 113 Å². The van der Waals surface area contributed by atoms with Crippen molar-refractivity contribution in [2.24, 2.45) is 0 Å². The van der Waals surface area contributed by atoms with E-state index in [-0.39, 0.29) is 18.3 Å². The van der Waals surface area contributed by atoms with Crippen molar-refractivity contribution in [1.29, 1.82) is 0 Å². The van der Waals surface area contributed by atoms with Crippen molar-refractivity contribution in [1.82, 2.24) is 10.6 Å². The quantitative estimate of drug-likeness (QED) is 0.793. The van der Waals surface area contributed by atoms with Crippen molar-refractivity contribution in [3.63, 3.8) is 0 Å². The Bertz CT molecular complexity index is 422. The van der Waals surface area contributed by atoms with E-state index in [1.807, 2.05) is 20.8 Å². The molecule has 2 N–H and O–H groups in total. The number of halogens is 1. The van der Waals surface area contributed by atoms with Crippen molar-refractivity contribution >= 4 is 5.91 Å². The standard InChI is InChI=1S/C14H21FN2O2/c1-4-16-13(18)9-19-14-11(8-17-10(2)3)6-5-7-12(14)15/h5-7,10,17H,4,8-9H2,1-3H3,(H,16,18). The van der Waals surface area contributed by atoms with Crippen LogP contribution in [0.25, 0.3) is 0 Å². The van der Waals surface area contributed by atoms with E-state index in [2.05, 4.69) is 10.6 Å². The van der Waals surface area contributed by atoms with Crippen LogP contribution in [0.1, 0.15) is 26.3 Å². The van der Waals surface area contributed by atoms with Crippen LogP contribution < -0.4 is 15.4 Å². The van der Waals surface area contributed by atoms with E-state index in [4.69, 9.17) is 4.74 Å². The van der Waals surface area contributed by atoms with Crippen LogP contribution in [0, 0.1) is 5.82 Å². The first-order valence-electron chi connectivity index (χ1n) is 6.44. The molecule has 0 unspecified atom stereocenters. The first-order chi connectivity index (χ1) is 9.04. The minimum absolute atomic E-state index is 0.141. The van der Waals surface area contributed by atoms with E-state index in [1.54, 1.807) is 12.1 Å². The molecule has 1 aromatic carbocycles. The zero-order valence-electron chi connectivity index (χ0n) is 11.6. The molecule has 19 heavy (non-hydrogen) atoms. The second-order valence-corrected chi connectivity index (χ2v) is 4.51. The van der Waals surface area contributed by atoms with Crippen molar-refractivity contribution in [3.05, 3.63) is 29.6 Å². The van der Waals surface area contributed by atoms with Gasteiger partial charge in [-0.05, 0) is 13.0 Å². The van der Waals surface area contributed by atoms with Gasteiger partial charge in [0.1, 0.15) is 0 Å². The summed E-state index contributed by atoms with van der Waals surface area (Å²) < 4.78 is 19.0. The Morgan fingerprint density at radius 2 is 2.16 bits per heavy atom. The van der Waals surface area contributed by atoms with Crippen molar-refractivity contribution in [2.75, 3.05) is 13.2 Å². The summed E-state index contributed by atoms with van der Waals surface area (Å²) in [4.78, 5) is 11.3. The largest absolute Gasteiger partial charge is 0.480 e. The van der Waals surface area contributed by atoms with Gasteiger partial charge in [0.05, 0.1) is 0 Å². The highest BCUT2D eigenvalue weighted by atomic mass is 19.1. The van der Waals surface area contributed by atoms with Gasteiger partial charge in [0.15, 0.2) is 18.2 Å². The van der Waals surface area contributed by atoms with E-state index in [9.17, 15) is 9.18 Å². The predicted octanol–water partition coefficient (Wildman–Crippen LogP) is 1.84. The highest BCUT2D eigenvalue weighted by Crippen LogP contribution is 2.22. The van der Waals surface area contributed by atoms with E-state index in [0.29, 0.717) is 24.7 Å². The summed E-state index contributed by atoms with van der Waals surface area (Å²) in [5, 5.41) is 5.80. The van der Waals surface area contributed by atoms with E-state index < -0.39 is 5.82 Å². The molecule has 0 radical (unpaired) electrons. The smallest absolute Gasteiger partial charge is 0.257 e. The summed E-state index contributed by atoms with van der Waals surface area (Å²) in [5.41, 5.74) is 0.706. The number of benzene rings is 1. The molecule has 4 nitrogen and oxygen atoms in total. The molecule has 0 atom stereocenters. The van der Waals surface area contributed by atoms with E-state index in [1.165, 1.54) is 6.07 Å². The lowest BCUT2D eigenvalue weighted by Crippen LogP contribution is -2.29. The van der Waals surface area contributed by atoms with Crippen molar-refractivity contribution in [3.8, 4) is 5.75 Å². The maximum absolute atomic E-state index is 13.7. The first kappa shape index (κ1) is 15.4. The van der Waals surface area contributed by atoms with Gasteiger partial charge in [0.25, 0.3) is 5.91 Å². The summed E-state index contributed by atoms with van der Waals surface area (Å²) in [5.74, 6) is -0.567. The number of carbonyl (C=O) groups excluding carboxylic acids is 1. The van der Waals surface area contributed by atoms with Crippen LogP contribution in [-0.4, -0.2) is 25.1 Å². The van der Waals surface area contributed by atoms with Crippen LogP contribution in [0.2, 0.25) is 0 Å². The second-order valence-electron chi connectivity index (χ2n) is 4.51. The van der Waals surface area contributed by atoms with Crippen LogP contribution in [0.5, 0.6) is 5.75 Å². The maximum Gasteiger partial charge on any atom is 0.257 e. The number of rotatable bonds is 7. The Morgan fingerprint density at radius 1 is 1.42 bits per heavy atom. The number of hydrogen-bond acceptors (Lipinski definition) is 3. The van der Waals surface area contributed by atoms with Crippen LogP contribution in [-0.2, 0) is 11.3 Å². The number of amides is 1. The van der Waals surface area contributed by atoms with Crippen molar-refractivity contribution < 1.29 is 13.9 Å². The average Bonchev–Trinajstić information content (AvgIpc) is 2.35. The molecule has 5 heteroatoms. The molecule has 0 heterocycles. The van der Waals surface area contributed by atoms with E-state index in [0.717, 1.165) is 0 Å². The summed E-state index contributed by atoms with van der Waals surface area (Å²) in [7, 11) is 0. The monoisotopic (exact) mass is 268 g/mol. The lowest BCUT2D eigenvalue weighted by atomic mass is 10.2. The molecule has 0 saturated carbocycles. The highest BCUT2D eigenvalue weighted by Gasteiger charge is 2.11. The molecule has 0 bridgehead atoms. The Kier molecular flexibility index (Phi) is 6.29. The van der Waals surface area contributed by atoms with Gasteiger partial charge in [-0.3, -0.25) is 4.79 Å². The van der Waals surface area contributed by atoms with Gasteiger partial charge >= 0.3 is 0 Å². The number of likely N-dealkylation sites (N-methyl/N-ethyl adjacent to an activating group) is 1. The van der Waals surface area contributed by atoms with Crippen LogP contribution >= 0.6 is 0 Å². The summed E-state index contributed by atoms with van der Waals surface area (Å²) in [6.45, 7) is 6.69. The number of nitrogens with one attached hydrogen (secondary N) is 2. The molecule has 1 rings (SSSR count). The van der Waals surface area contributed by atoms with Crippen LogP contribution in [0.4, 0.5) is 4.39 Å². The fourth-order valence-electron chi connectivity index (χ4n) is 1.55. The molecule has 0 aromatic heterocycles. The summed E-state index contributed by atoms with van der Waals surface area (Å²) >= 11 is 0. The normalized spacial score (nSPS) is 10.6. The molecule has 0 aliphatic heterocycles. The van der Waals surface area contributed by atoms with Gasteiger partial charge in [-0.25, -0.2) is 4.39 Å². The van der Waals surface area contributed by atoms with Gasteiger partial charge in [-0.1, -0.05) is 26.0 Å². The second kappa shape index (κ2) is 7.74. The lowest BCUT2D eigenvalue weighted by molar-refractivity contribution is -0.123. The summed E-state index contributed by atoms with van der Waals surface area (Å²) in [6, 6.07) is 5.03. The Hall–Kier alpha value is -1.62. The minimum atomic E-state index is -0.452. The molecule has 1 aromatic rings. The molecule has 0 aliphatic rings. The molecule has 1 amide bonds. The SMILES string of the molecule is CCNC(=O)COc1c(F)cccc1CNC(C)C.